The van der Waals surface area contributed by atoms with Gasteiger partial charge in [0.15, 0.2) is 0 Å². The van der Waals surface area contributed by atoms with E-state index in [2.05, 4.69) is 5.10 Å². The van der Waals surface area contributed by atoms with Crippen molar-refractivity contribution in [1.29, 1.82) is 0 Å². The number of carboxylic acids is 1. The number of carboxylic acid groups (broad SMARTS) is 1. The molecule has 1 aromatic heterocycles. The summed E-state index contributed by atoms with van der Waals surface area (Å²) in [7, 11) is 1.60. The first-order valence-electron chi connectivity index (χ1n) is 6.11. The molecule has 0 unspecified atom stereocenters. The SMILES string of the molecule is CCCn1nc(-c2ccc(OC)cc2)cc1C(=O)O. The molecule has 0 aliphatic rings. The quantitative estimate of drug-likeness (QED) is 0.897. The largest absolute Gasteiger partial charge is 0.497 e. The van der Waals surface area contributed by atoms with Crippen LogP contribution < -0.4 is 4.74 Å². The fourth-order valence-electron chi connectivity index (χ4n) is 1.87. The number of benzene rings is 1. The maximum absolute atomic E-state index is 11.2. The van der Waals surface area contributed by atoms with E-state index in [4.69, 9.17) is 9.84 Å². The van der Waals surface area contributed by atoms with Crippen LogP contribution in [0, 0.1) is 0 Å². The molecule has 19 heavy (non-hydrogen) atoms. The molecule has 0 fully saturated rings. The summed E-state index contributed by atoms with van der Waals surface area (Å²) >= 11 is 0. The molecule has 0 saturated heterocycles. The molecule has 0 radical (unpaired) electrons. The van der Waals surface area contributed by atoms with E-state index in [1.807, 2.05) is 31.2 Å². The van der Waals surface area contributed by atoms with E-state index < -0.39 is 5.97 Å². The van der Waals surface area contributed by atoms with Crippen LogP contribution in [-0.2, 0) is 6.54 Å². The number of hydrogen-bond donors (Lipinski definition) is 1. The number of ether oxygens (including phenoxy) is 1. The lowest BCUT2D eigenvalue weighted by atomic mass is 10.1. The van der Waals surface area contributed by atoms with Crippen molar-refractivity contribution in [3.8, 4) is 17.0 Å². The van der Waals surface area contributed by atoms with E-state index in [0.29, 0.717) is 12.2 Å². The van der Waals surface area contributed by atoms with Crippen molar-refractivity contribution in [3.05, 3.63) is 36.0 Å². The lowest BCUT2D eigenvalue weighted by molar-refractivity contribution is 0.0683. The molecule has 1 aromatic carbocycles. The number of aromatic carboxylic acids is 1. The molecule has 0 saturated carbocycles. The van der Waals surface area contributed by atoms with Crippen LogP contribution >= 0.6 is 0 Å². The second-order valence-corrected chi connectivity index (χ2v) is 4.17. The highest BCUT2D eigenvalue weighted by Gasteiger charge is 2.14. The molecule has 5 nitrogen and oxygen atoms in total. The molecule has 1 N–H and O–H groups in total. The molecule has 2 aromatic rings. The lowest BCUT2D eigenvalue weighted by Crippen LogP contribution is -2.09. The van der Waals surface area contributed by atoms with Gasteiger partial charge in [-0.2, -0.15) is 5.10 Å². The van der Waals surface area contributed by atoms with Crippen molar-refractivity contribution < 1.29 is 14.6 Å². The number of aryl methyl sites for hydroxylation is 1. The van der Waals surface area contributed by atoms with Gasteiger partial charge in [-0.3, -0.25) is 4.68 Å². The zero-order chi connectivity index (χ0) is 13.8. The summed E-state index contributed by atoms with van der Waals surface area (Å²) in [6.45, 7) is 2.58. The highest BCUT2D eigenvalue weighted by Crippen LogP contribution is 2.22. The van der Waals surface area contributed by atoms with Crippen molar-refractivity contribution in [1.82, 2.24) is 9.78 Å². The highest BCUT2D eigenvalue weighted by molar-refractivity contribution is 5.87. The fourth-order valence-corrected chi connectivity index (χ4v) is 1.87. The molecule has 0 bridgehead atoms. The molecule has 2 rings (SSSR count). The van der Waals surface area contributed by atoms with Gasteiger partial charge in [-0.1, -0.05) is 6.92 Å². The first-order valence-corrected chi connectivity index (χ1v) is 6.11. The smallest absolute Gasteiger partial charge is 0.354 e. The molecule has 5 heteroatoms. The molecule has 1 heterocycles. The van der Waals surface area contributed by atoms with Crippen LogP contribution in [0.4, 0.5) is 0 Å². The van der Waals surface area contributed by atoms with Gasteiger partial charge in [0.05, 0.1) is 12.8 Å². The first-order chi connectivity index (χ1) is 9.15. The van der Waals surface area contributed by atoms with Gasteiger partial charge < -0.3 is 9.84 Å². The van der Waals surface area contributed by atoms with Crippen LogP contribution in [-0.4, -0.2) is 28.0 Å². The van der Waals surface area contributed by atoms with Gasteiger partial charge >= 0.3 is 5.97 Å². The normalized spacial score (nSPS) is 10.4. The fraction of sp³-hybridized carbons (Fsp3) is 0.286. The predicted molar refractivity (Wildman–Crippen MR) is 71.5 cm³/mol. The van der Waals surface area contributed by atoms with E-state index in [-0.39, 0.29) is 5.69 Å². The summed E-state index contributed by atoms with van der Waals surface area (Å²) in [4.78, 5) is 11.2. The third-order valence-electron chi connectivity index (χ3n) is 2.82. The van der Waals surface area contributed by atoms with Gasteiger partial charge in [0.25, 0.3) is 0 Å². The predicted octanol–water partition coefficient (Wildman–Crippen LogP) is 2.67. The van der Waals surface area contributed by atoms with Crippen molar-refractivity contribution >= 4 is 5.97 Å². The molecular formula is C14H16N2O3. The number of rotatable bonds is 5. The number of carbonyl (C=O) groups is 1. The number of methoxy groups -OCH3 is 1. The molecule has 0 atom stereocenters. The summed E-state index contributed by atoms with van der Waals surface area (Å²) in [5, 5.41) is 13.5. The Kier molecular flexibility index (Phi) is 3.85. The van der Waals surface area contributed by atoms with Crippen molar-refractivity contribution in [3.63, 3.8) is 0 Å². The number of nitrogens with zero attached hydrogens (tertiary/aromatic N) is 2. The molecule has 100 valence electrons. The Labute approximate surface area is 111 Å². The summed E-state index contributed by atoms with van der Waals surface area (Å²) in [6.07, 6.45) is 0.837. The maximum atomic E-state index is 11.2. The summed E-state index contributed by atoms with van der Waals surface area (Å²) in [6, 6.07) is 8.98. The van der Waals surface area contributed by atoms with Crippen molar-refractivity contribution in [2.75, 3.05) is 7.11 Å². The third-order valence-corrected chi connectivity index (χ3v) is 2.82. The molecule has 0 amide bonds. The average Bonchev–Trinajstić information content (AvgIpc) is 2.83. The van der Waals surface area contributed by atoms with E-state index in [9.17, 15) is 4.79 Å². The Hall–Kier alpha value is -2.30. The Morgan fingerprint density at radius 2 is 2.05 bits per heavy atom. The van der Waals surface area contributed by atoms with Crippen LogP contribution in [0.2, 0.25) is 0 Å². The minimum atomic E-state index is -0.958. The second kappa shape index (κ2) is 5.56. The average molecular weight is 260 g/mol. The minimum Gasteiger partial charge on any atom is -0.497 e. The minimum absolute atomic E-state index is 0.215. The lowest BCUT2D eigenvalue weighted by Gasteiger charge is -2.01. The van der Waals surface area contributed by atoms with Crippen LogP contribution in [0.15, 0.2) is 30.3 Å². The van der Waals surface area contributed by atoms with Gasteiger partial charge in [0.1, 0.15) is 11.4 Å². The van der Waals surface area contributed by atoms with Crippen molar-refractivity contribution in [2.45, 2.75) is 19.9 Å². The van der Waals surface area contributed by atoms with Crippen LogP contribution in [0.5, 0.6) is 5.75 Å². The second-order valence-electron chi connectivity index (χ2n) is 4.17. The van der Waals surface area contributed by atoms with Gasteiger partial charge in [0.2, 0.25) is 0 Å². The van der Waals surface area contributed by atoms with Crippen LogP contribution in [0.3, 0.4) is 0 Å². The van der Waals surface area contributed by atoms with E-state index in [1.54, 1.807) is 13.2 Å². The zero-order valence-electron chi connectivity index (χ0n) is 11.0. The summed E-state index contributed by atoms with van der Waals surface area (Å²) in [5.41, 5.74) is 1.75. The Bertz CT molecular complexity index is 573. The highest BCUT2D eigenvalue weighted by atomic mass is 16.5. The molecule has 0 aliphatic carbocycles. The van der Waals surface area contributed by atoms with Gasteiger partial charge in [-0.25, -0.2) is 4.79 Å². The van der Waals surface area contributed by atoms with Crippen LogP contribution in [0.1, 0.15) is 23.8 Å². The zero-order valence-corrected chi connectivity index (χ0v) is 11.0. The van der Waals surface area contributed by atoms with Crippen molar-refractivity contribution in [2.24, 2.45) is 0 Å². The topological polar surface area (TPSA) is 64.4 Å². The van der Waals surface area contributed by atoms with E-state index in [0.717, 1.165) is 17.7 Å². The van der Waals surface area contributed by atoms with Gasteiger partial charge in [-0.05, 0) is 36.8 Å². The molecule has 0 aliphatic heterocycles. The Morgan fingerprint density at radius 1 is 1.37 bits per heavy atom. The summed E-state index contributed by atoms with van der Waals surface area (Å²) in [5.74, 6) is -0.198. The summed E-state index contributed by atoms with van der Waals surface area (Å²) < 4.78 is 6.62. The standard InChI is InChI=1S/C14H16N2O3/c1-3-8-16-13(14(17)18)9-12(15-16)10-4-6-11(19-2)7-5-10/h4-7,9H,3,8H2,1-2H3,(H,17,18). The first kappa shape index (κ1) is 13.1. The Balaban J connectivity index is 2.38. The Morgan fingerprint density at radius 3 is 2.58 bits per heavy atom. The molecule has 0 spiro atoms. The monoisotopic (exact) mass is 260 g/mol. The van der Waals surface area contributed by atoms with Gasteiger partial charge in [-0.15, -0.1) is 0 Å². The van der Waals surface area contributed by atoms with E-state index in [1.165, 1.54) is 4.68 Å². The van der Waals surface area contributed by atoms with Gasteiger partial charge in [0, 0.05) is 12.1 Å². The molecular weight excluding hydrogens is 244 g/mol. The number of hydrogen-bond acceptors (Lipinski definition) is 3. The maximum Gasteiger partial charge on any atom is 0.354 e. The number of aromatic nitrogens is 2. The van der Waals surface area contributed by atoms with Crippen LogP contribution in [0.25, 0.3) is 11.3 Å². The third kappa shape index (κ3) is 2.76. The van der Waals surface area contributed by atoms with E-state index >= 15 is 0 Å².